The molecule has 274 valence electrons. The number of likely N-dealkylation sites (N-methyl/N-ethyl adjacent to an activating group) is 1. The highest BCUT2D eigenvalue weighted by Crippen LogP contribution is 2.38. The van der Waals surface area contributed by atoms with E-state index in [1.165, 1.54) is 26.2 Å². The van der Waals surface area contributed by atoms with Crippen LogP contribution in [0.1, 0.15) is 50.8 Å². The van der Waals surface area contributed by atoms with Gasteiger partial charge in [-0.1, -0.05) is 48.5 Å². The Balaban J connectivity index is 1.72. The maximum atomic E-state index is 14.6. The molecule has 0 fully saturated rings. The summed E-state index contributed by atoms with van der Waals surface area (Å²) in [5.74, 6) is -0.0223. The molecule has 0 aliphatic carbocycles. The molecule has 12 nitrogen and oxygen atoms in total. The number of carbonyl (C=O) groups is 3. The van der Waals surface area contributed by atoms with Gasteiger partial charge in [0, 0.05) is 43.2 Å². The lowest BCUT2D eigenvalue weighted by atomic mass is 10.0. The van der Waals surface area contributed by atoms with Crippen LogP contribution in [0.15, 0.2) is 72.9 Å². The lowest BCUT2D eigenvalue weighted by Crippen LogP contribution is -2.60. The van der Waals surface area contributed by atoms with Crippen molar-refractivity contribution in [2.75, 3.05) is 28.4 Å². The first-order chi connectivity index (χ1) is 24.2. The maximum Gasteiger partial charge on any atom is 0.412 e. The Morgan fingerprint density at radius 2 is 1.51 bits per heavy atom. The normalized spacial score (nSPS) is 13.2. The summed E-state index contributed by atoms with van der Waals surface area (Å²) in [6, 6.07) is 19.1. The number of aromatic amines is 1. The molecule has 0 aliphatic rings. The van der Waals surface area contributed by atoms with E-state index in [2.05, 4.69) is 10.3 Å². The molecule has 4 rings (SSSR count). The number of ether oxygens (including phenoxy) is 4. The Labute approximate surface area is 299 Å². The van der Waals surface area contributed by atoms with Gasteiger partial charge in [-0.05, 0) is 69.0 Å². The molecule has 0 saturated heterocycles. The zero-order chi connectivity index (χ0) is 37.3. The van der Waals surface area contributed by atoms with Gasteiger partial charge in [0.15, 0.2) is 11.5 Å². The minimum absolute atomic E-state index is 0.160. The maximum absolute atomic E-state index is 14.6. The number of carbonyl (C=O) groups excluding carboxylic acids is 2. The summed E-state index contributed by atoms with van der Waals surface area (Å²) in [6.07, 6.45) is 0.667. The molecule has 4 aromatic rings. The second-order valence-electron chi connectivity index (χ2n) is 13.5. The average Bonchev–Trinajstić information content (AvgIpc) is 3.48. The third-order valence-corrected chi connectivity index (χ3v) is 8.47. The van der Waals surface area contributed by atoms with Crippen LogP contribution in [-0.2, 0) is 33.7 Å². The largest absolute Gasteiger partial charge is 0.493 e. The van der Waals surface area contributed by atoms with Crippen LogP contribution >= 0.6 is 0 Å². The number of nitrogens with zero attached hydrogens (tertiary/aromatic N) is 2. The summed E-state index contributed by atoms with van der Waals surface area (Å²) in [7, 11) is 6.23. The SMILES string of the molecule is COc1cc(CN(C)C(=O)C(Cc2ccccc2)N(C(=O)OC(C)(C)C)C(C)N[C@H](CC(=O)O)Cc2c[nH]c3ccccc23)cc(OC)c1OC. The van der Waals surface area contributed by atoms with E-state index in [9.17, 15) is 19.5 Å². The van der Waals surface area contributed by atoms with E-state index in [1.54, 1.807) is 51.8 Å². The number of fused-ring (bicyclic) bond motifs is 1. The van der Waals surface area contributed by atoms with Crippen molar-refractivity contribution >= 4 is 28.9 Å². The minimum Gasteiger partial charge on any atom is -0.493 e. The first-order valence-corrected chi connectivity index (χ1v) is 16.9. The first-order valence-electron chi connectivity index (χ1n) is 16.9. The van der Waals surface area contributed by atoms with E-state index in [4.69, 9.17) is 18.9 Å². The summed E-state index contributed by atoms with van der Waals surface area (Å²) in [4.78, 5) is 47.1. The Morgan fingerprint density at radius 1 is 0.882 bits per heavy atom. The Hall–Kier alpha value is -5.23. The van der Waals surface area contributed by atoms with Gasteiger partial charge in [0.25, 0.3) is 0 Å². The molecule has 0 radical (unpaired) electrons. The number of benzene rings is 3. The van der Waals surface area contributed by atoms with Crippen LogP contribution in [0.4, 0.5) is 4.79 Å². The van der Waals surface area contributed by atoms with Crippen molar-refractivity contribution in [2.24, 2.45) is 0 Å². The van der Waals surface area contributed by atoms with Crippen molar-refractivity contribution < 1.29 is 38.4 Å². The van der Waals surface area contributed by atoms with Gasteiger partial charge in [-0.25, -0.2) is 4.79 Å². The zero-order valence-electron chi connectivity index (χ0n) is 30.7. The number of amides is 2. The van der Waals surface area contributed by atoms with Crippen LogP contribution in [-0.4, -0.2) is 90.1 Å². The van der Waals surface area contributed by atoms with Crippen molar-refractivity contribution in [1.29, 1.82) is 0 Å². The number of carboxylic acid groups (broad SMARTS) is 1. The van der Waals surface area contributed by atoms with Gasteiger partial charge in [0.2, 0.25) is 11.7 Å². The number of aliphatic carboxylic acids is 1. The van der Waals surface area contributed by atoms with Gasteiger partial charge in [0.05, 0.1) is 33.9 Å². The quantitative estimate of drug-likeness (QED) is 0.120. The van der Waals surface area contributed by atoms with E-state index in [-0.39, 0.29) is 25.3 Å². The smallest absolute Gasteiger partial charge is 0.412 e. The zero-order valence-corrected chi connectivity index (χ0v) is 30.7. The number of rotatable bonds is 16. The molecular weight excluding hydrogens is 652 g/mol. The Kier molecular flexibility index (Phi) is 13.0. The predicted octanol–water partition coefficient (Wildman–Crippen LogP) is 6.02. The van der Waals surface area contributed by atoms with Crippen molar-refractivity contribution in [2.45, 2.75) is 77.4 Å². The number of aromatic nitrogens is 1. The number of methoxy groups -OCH3 is 3. The topological polar surface area (TPSA) is 143 Å². The monoisotopic (exact) mass is 702 g/mol. The fourth-order valence-electron chi connectivity index (χ4n) is 6.23. The van der Waals surface area contributed by atoms with Crippen LogP contribution < -0.4 is 19.5 Å². The van der Waals surface area contributed by atoms with Crippen molar-refractivity contribution in [3.8, 4) is 17.2 Å². The van der Waals surface area contributed by atoms with E-state index in [0.717, 1.165) is 22.0 Å². The van der Waals surface area contributed by atoms with Crippen LogP contribution in [0, 0.1) is 0 Å². The lowest BCUT2D eigenvalue weighted by Gasteiger charge is -2.40. The van der Waals surface area contributed by atoms with Gasteiger partial charge < -0.3 is 33.9 Å². The molecule has 3 N–H and O–H groups in total. The van der Waals surface area contributed by atoms with Gasteiger partial charge in [-0.15, -0.1) is 0 Å². The summed E-state index contributed by atoms with van der Waals surface area (Å²) in [6.45, 7) is 7.19. The van der Waals surface area contributed by atoms with Crippen LogP contribution in [0.2, 0.25) is 0 Å². The highest BCUT2D eigenvalue weighted by Gasteiger charge is 2.39. The van der Waals surface area contributed by atoms with Crippen LogP contribution in [0.3, 0.4) is 0 Å². The molecule has 1 heterocycles. The molecular formula is C39H50N4O8. The van der Waals surface area contributed by atoms with Crippen molar-refractivity contribution in [3.63, 3.8) is 0 Å². The summed E-state index contributed by atoms with van der Waals surface area (Å²) >= 11 is 0. The van der Waals surface area contributed by atoms with E-state index in [0.29, 0.717) is 29.2 Å². The molecule has 51 heavy (non-hydrogen) atoms. The van der Waals surface area contributed by atoms with Gasteiger partial charge in [-0.2, -0.15) is 0 Å². The third kappa shape index (κ3) is 10.2. The second kappa shape index (κ2) is 17.1. The average molecular weight is 703 g/mol. The van der Waals surface area contributed by atoms with Crippen LogP contribution in [0.5, 0.6) is 17.2 Å². The highest BCUT2D eigenvalue weighted by molar-refractivity contribution is 5.86. The summed E-state index contributed by atoms with van der Waals surface area (Å²) in [5, 5.41) is 14.3. The standard InChI is InChI=1S/C39H50N4O8/c1-25(41-29(22-35(44)45)21-28-23-40-31-17-13-12-16-30(28)31)43(38(47)51-39(2,3)4)32(18-26-14-10-9-11-15-26)37(46)42(5)24-27-19-33(48-6)36(50-8)34(20-27)49-7/h9-17,19-20,23,25,29,32,40-41H,18,21-22,24H2,1-8H3,(H,44,45)/t25?,29-,32?/m0/s1. The fraction of sp³-hybridized carbons (Fsp3) is 0.410. The first kappa shape index (κ1) is 38.6. The number of hydrogen-bond donors (Lipinski definition) is 3. The van der Waals surface area contributed by atoms with Crippen LogP contribution in [0.25, 0.3) is 10.9 Å². The number of H-pyrrole nitrogens is 1. The molecule has 0 spiro atoms. The van der Waals surface area contributed by atoms with Crippen molar-refractivity contribution in [1.82, 2.24) is 20.1 Å². The van der Waals surface area contributed by atoms with Crippen molar-refractivity contribution in [3.05, 3.63) is 89.6 Å². The molecule has 2 amide bonds. The predicted molar refractivity (Wildman–Crippen MR) is 195 cm³/mol. The molecule has 3 atom stereocenters. The minimum atomic E-state index is -1.03. The fourth-order valence-corrected chi connectivity index (χ4v) is 6.23. The molecule has 0 bridgehead atoms. The third-order valence-electron chi connectivity index (χ3n) is 8.47. The Bertz CT molecular complexity index is 1760. The molecule has 1 aromatic heterocycles. The molecule has 0 aliphatic heterocycles. The summed E-state index contributed by atoms with van der Waals surface area (Å²) in [5.41, 5.74) is 2.55. The number of nitrogens with one attached hydrogen (secondary N) is 2. The summed E-state index contributed by atoms with van der Waals surface area (Å²) < 4.78 is 22.4. The van der Waals surface area contributed by atoms with Gasteiger partial charge in [0.1, 0.15) is 11.6 Å². The molecule has 0 saturated carbocycles. The number of para-hydroxylation sites is 1. The van der Waals surface area contributed by atoms with E-state index >= 15 is 0 Å². The van der Waals surface area contributed by atoms with E-state index < -0.39 is 35.9 Å². The number of carboxylic acids is 1. The van der Waals surface area contributed by atoms with Gasteiger partial charge in [-0.3, -0.25) is 19.8 Å². The second-order valence-corrected chi connectivity index (χ2v) is 13.5. The lowest BCUT2D eigenvalue weighted by molar-refractivity contribution is -0.139. The van der Waals surface area contributed by atoms with E-state index in [1.807, 2.05) is 60.8 Å². The van der Waals surface area contributed by atoms with Gasteiger partial charge >= 0.3 is 12.1 Å². The molecule has 2 unspecified atom stereocenters. The molecule has 3 aromatic carbocycles. The molecule has 12 heteroatoms. The number of hydrogen-bond acceptors (Lipinski definition) is 8. The Morgan fingerprint density at radius 3 is 2.10 bits per heavy atom. The highest BCUT2D eigenvalue weighted by atomic mass is 16.6.